The molecule has 2 rings (SSSR count). The zero-order valence-electron chi connectivity index (χ0n) is 9.49. The molecular formula is C11H10N4O3. The van der Waals surface area contributed by atoms with Gasteiger partial charge in [0, 0.05) is 13.2 Å². The van der Waals surface area contributed by atoms with Crippen molar-refractivity contribution in [2.75, 3.05) is 5.32 Å². The number of hydrogen-bond donors (Lipinski definition) is 2. The molecule has 0 aliphatic heterocycles. The summed E-state index contributed by atoms with van der Waals surface area (Å²) >= 11 is 0. The largest absolute Gasteiger partial charge is 0.477 e. The Labute approximate surface area is 102 Å². The quantitative estimate of drug-likeness (QED) is 0.833. The molecule has 0 unspecified atom stereocenters. The van der Waals surface area contributed by atoms with Gasteiger partial charge in [-0.15, -0.1) is 0 Å². The van der Waals surface area contributed by atoms with Crippen LogP contribution in [-0.2, 0) is 7.05 Å². The average Bonchev–Trinajstić information content (AvgIpc) is 2.76. The van der Waals surface area contributed by atoms with E-state index in [-0.39, 0.29) is 17.3 Å². The maximum absolute atomic E-state index is 11.7. The zero-order chi connectivity index (χ0) is 13.1. The van der Waals surface area contributed by atoms with Crippen LogP contribution in [0.15, 0.2) is 30.6 Å². The number of aromatic carboxylic acids is 1. The Hall–Kier alpha value is -2.70. The number of carbonyl (C=O) groups is 2. The van der Waals surface area contributed by atoms with Crippen LogP contribution < -0.4 is 5.32 Å². The molecular weight excluding hydrogens is 236 g/mol. The van der Waals surface area contributed by atoms with E-state index in [4.69, 9.17) is 5.11 Å². The van der Waals surface area contributed by atoms with Gasteiger partial charge < -0.3 is 10.4 Å². The van der Waals surface area contributed by atoms with Crippen molar-refractivity contribution in [3.05, 3.63) is 42.0 Å². The molecule has 0 radical (unpaired) electrons. The van der Waals surface area contributed by atoms with Gasteiger partial charge in [-0.2, -0.15) is 5.10 Å². The van der Waals surface area contributed by atoms with E-state index in [1.807, 2.05) is 0 Å². The molecule has 7 nitrogen and oxygen atoms in total. The lowest BCUT2D eigenvalue weighted by atomic mass is 10.3. The third-order valence-electron chi connectivity index (χ3n) is 2.19. The van der Waals surface area contributed by atoms with Crippen LogP contribution in [0.4, 0.5) is 5.69 Å². The summed E-state index contributed by atoms with van der Waals surface area (Å²) in [6.45, 7) is 0. The smallest absolute Gasteiger partial charge is 0.354 e. The van der Waals surface area contributed by atoms with Crippen molar-refractivity contribution < 1.29 is 14.7 Å². The number of carbonyl (C=O) groups excluding carboxylic acids is 1. The Kier molecular flexibility index (Phi) is 3.05. The molecule has 7 heteroatoms. The molecule has 0 atom stereocenters. The topological polar surface area (TPSA) is 97.1 Å². The molecule has 1 amide bonds. The van der Waals surface area contributed by atoms with Crippen LogP contribution in [0, 0.1) is 0 Å². The first-order valence-corrected chi connectivity index (χ1v) is 5.06. The maximum Gasteiger partial charge on any atom is 0.354 e. The van der Waals surface area contributed by atoms with Gasteiger partial charge in [-0.25, -0.2) is 9.78 Å². The lowest BCUT2D eigenvalue weighted by Crippen LogP contribution is -2.13. The van der Waals surface area contributed by atoms with E-state index >= 15 is 0 Å². The predicted octanol–water partition coefficient (Wildman–Crippen LogP) is 0.766. The highest BCUT2D eigenvalue weighted by atomic mass is 16.4. The van der Waals surface area contributed by atoms with E-state index in [0.29, 0.717) is 5.69 Å². The van der Waals surface area contributed by atoms with Gasteiger partial charge in [0.15, 0.2) is 5.69 Å². The van der Waals surface area contributed by atoms with Crippen LogP contribution in [0.5, 0.6) is 0 Å². The highest BCUT2D eigenvalue weighted by Crippen LogP contribution is 2.08. The first kappa shape index (κ1) is 11.8. The second-order valence-corrected chi connectivity index (χ2v) is 3.57. The molecule has 0 saturated carbocycles. The number of carboxylic acid groups (broad SMARTS) is 1. The highest BCUT2D eigenvalue weighted by Gasteiger charge is 2.10. The molecule has 2 aromatic rings. The summed E-state index contributed by atoms with van der Waals surface area (Å²) in [7, 11) is 1.71. The fraction of sp³-hybridized carbons (Fsp3) is 0.0909. The first-order chi connectivity index (χ1) is 8.56. The van der Waals surface area contributed by atoms with E-state index < -0.39 is 5.97 Å². The van der Waals surface area contributed by atoms with Gasteiger partial charge in [-0.05, 0) is 18.2 Å². The normalized spacial score (nSPS) is 10.1. The van der Waals surface area contributed by atoms with E-state index in [1.165, 1.54) is 23.0 Å². The molecule has 0 aliphatic carbocycles. The minimum absolute atomic E-state index is 0.0779. The van der Waals surface area contributed by atoms with Crippen LogP contribution in [0.25, 0.3) is 0 Å². The fourth-order valence-electron chi connectivity index (χ4n) is 1.33. The second-order valence-electron chi connectivity index (χ2n) is 3.57. The average molecular weight is 246 g/mol. The summed E-state index contributed by atoms with van der Waals surface area (Å²) in [5.41, 5.74) is 0.612. The third kappa shape index (κ3) is 2.51. The van der Waals surface area contributed by atoms with E-state index in [2.05, 4.69) is 15.4 Å². The number of aryl methyl sites for hydroxylation is 1. The molecule has 2 heterocycles. The van der Waals surface area contributed by atoms with Gasteiger partial charge in [0.05, 0.1) is 11.9 Å². The number of anilines is 1. The van der Waals surface area contributed by atoms with Gasteiger partial charge in [0.25, 0.3) is 5.91 Å². The molecule has 92 valence electrons. The van der Waals surface area contributed by atoms with Crippen LogP contribution in [-0.4, -0.2) is 31.7 Å². The first-order valence-electron chi connectivity index (χ1n) is 5.06. The molecule has 0 bridgehead atoms. The lowest BCUT2D eigenvalue weighted by molar-refractivity contribution is 0.0690. The standard InChI is InChI=1S/C11H10N4O3/c1-15-5-4-8(14-15)10(16)13-7-2-3-9(11(17)18)12-6-7/h2-6H,1H3,(H,13,16)(H,17,18). The monoisotopic (exact) mass is 246 g/mol. The van der Waals surface area contributed by atoms with Crippen molar-refractivity contribution >= 4 is 17.6 Å². The number of nitrogens with one attached hydrogen (secondary N) is 1. The minimum Gasteiger partial charge on any atom is -0.477 e. The number of pyridine rings is 1. The van der Waals surface area contributed by atoms with Crippen molar-refractivity contribution in [2.45, 2.75) is 0 Å². The predicted molar refractivity (Wildman–Crippen MR) is 62.4 cm³/mol. The fourth-order valence-corrected chi connectivity index (χ4v) is 1.33. The molecule has 0 aliphatic rings. The summed E-state index contributed by atoms with van der Waals surface area (Å²) in [6.07, 6.45) is 2.94. The Balaban J connectivity index is 2.10. The van der Waals surface area contributed by atoms with Crippen LogP contribution in [0.2, 0.25) is 0 Å². The molecule has 0 fully saturated rings. The molecule has 0 aromatic carbocycles. The number of aromatic nitrogens is 3. The Morgan fingerprint density at radius 3 is 2.56 bits per heavy atom. The maximum atomic E-state index is 11.7. The van der Waals surface area contributed by atoms with Crippen LogP contribution >= 0.6 is 0 Å². The number of carboxylic acids is 1. The van der Waals surface area contributed by atoms with Gasteiger partial charge in [-0.3, -0.25) is 9.48 Å². The number of nitrogens with zero attached hydrogens (tertiary/aromatic N) is 3. The van der Waals surface area contributed by atoms with Crippen molar-refractivity contribution in [1.29, 1.82) is 0 Å². The Morgan fingerprint density at radius 1 is 1.28 bits per heavy atom. The molecule has 0 saturated heterocycles. The van der Waals surface area contributed by atoms with Crippen molar-refractivity contribution in [3.63, 3.8) is 0 Å². The zero-order valence-corrected chi connectivity index (χ0v) is 9.49. The van der Waals surface area contributed by atoms with E-state index in [1.54, 1.807) is 19.3 Å². The number of amides is 1. The molecule has 2 N–H and O–H groups in total. The van der Waals surface area contributed by atoms with Gasteiger partial charge >= 0.3 is 5.97 Å². The summed E-state index contributed by atoms with van der Waals surface area (Å²) < 4.78 is 1.51. The molecule has 0 spiro atoms. The van der Waals surface area contributed by atoms with Crippen molar-refractivity contribution in [2.24, 2.45) is 7.05 Å². The minimum atomic E-state index is -1.11. The highest BCUT2D eigenvalue weighted by molar-refractivity contribution is 6.02. The number of rotatable bonds is 3. The van der Waals surface area contributed by atoms with Crippen LogP contribution in [0.3, 0.4) is 0 Å². The van der Waals surface area contributed by atoms with Crippen molar-refractivity contribution in [1.82, 2.24) is 14.8 Å². The van der Waals surface area contributed by atoms with Crippen molar-refractivity contribution in [3.8, 4) is 0 Å². The van der Waals surface area contributed by atoms with E-state index in [9.17, 15) is 9.59 Å². The second kappa shape index (κ2) is 4.66. The summed E-state index contributed by atoms with van der Waals surface area (Å²) in [5, 5.41) is 15.2. The summed E-state index contributed by atoms with van der Waals surface area (Å²) in [5.74, 6) is -1.49. The Morgan fingerprint density at radius 2 is 2.06 bits per heavy atom. The summed E-state index contributed by atoms with van der Waals surface area (Å²) in [6, 6.07) is 4.36. The SMILES string of the molecule is Cn1ccc(C(=O)Nc2ccc(C(=O)O)nc2)n1. The van der Waals surface area contributed by atoms with Crippen LogP contribution in [0.1, 0.15) is 21.0 Å². The third-order valence-corrected chi connectivity index (χ3v) is 2.19. The lowest BCUT2D eigenvalue weighted by Gasteiger charge is -2.02. The van der Waals surface area contributed by atoms with Gasteiger partial charge in [0.2, 0.25) is 0 Å². The van der Waals surface area contributed by atoms with E-state index in [0.717, 1.165) is 0 Å². The molecule has 2 aromatic heterocycles. The van der Waals surface area contributed by atoms with Gasteiger partial charge in [-0.1, -0.05) is 0 Å². The molecule has 18 heavy (non-hydrogen) atoms. The number of hydrogen-bond acceptors (Lipinski definition) is 4. The van der Waals surface area contributed by atoms with Gasteiger partial charge in [0.1, 0.15) is 5.69 Å². The summed E-state index contributed by atoms with van der Waals surface area (Å²) in [4.78, 5) is 26.0. The Bertz CT molecular complexity index is 589.